The molecule has 0 aliphatic carbocycles. The van der Waals surface area contributed by atoms with Gasteiger partial charge in [-0.15, -0.1) is 0 Å². The average Bonchev–Trinajstić information content (AvgIpc) is 3.17. The zero-order chi connectivity index (χ0) is 17.6. The molecule has 1 aliphatic rings. The summed E-state index contributed by atoms with van der Waals surface area (Å²) in [6.45, 7) is 1.95. The number of likely N-dealkylation sites (tertiary alicyclic amines) is 1. The second kappa shape index (κ2) is 7.71. The largest absolute Gasteiger partial charge is 0.497 e. The Morgan fingerprint density at radius 3 is 2.60 bits per heavy atom. The predicted octanol–water partition coefficient (Wildman–Crippen LogP) is 3.27. The minimum atomic E-state index is -0.0413. The summed E-state index contributed by atoms with van der Waals surface area (Å²) in [5.41, 5.74) is 2.85. The van der Waals surface area contributed by atoms with Crippen LogP contribution in [0.5, 0.6) is 5.75 Å². The van der Waals surface area contributed by atoms with E-state index >= 15 is 0 Å². The minimum absolute atomic E-state index is 0.0413. The van der Waals surface area contributed by atoms with E-state index in [1.807, 2.05) is 29.2 Å². The Kier molecular flexibility index (Phi) is 5.20. The number of benzene rings is 2. The molecule has 5 heteroatoms. The first-order chi connectivity index (χ1) is 12.2. The third kappa shape index (κ3) is 4.10. The third-order valence-electron chi connectivity index (χ3n) is 4.59. The molecule has 0 aromatic heterocycles. The van der Waals surface area contributed by atoms with Gasteiger partial charge in [0, 0.05) is 25.6 Å². The first-order valence-corrected chi connectivity index (χ1v) is 8.35. The van der Waals surface area contributed by atoms with Crippen LogP contribution in [0.3, 0.4) is 0 Å². The molecule has 2 aromatic carbocycles. The van der Waals surface area contributed by atoms with Gasteiger partial charge in [-0.3, -0.25) is 0 Å². The second-order valence-electron chi connectivity index (χ2n) is 6.17. The van der Waals surface area contributed by atoms with Crippen molar-refractivity contribution >= 4 is 6.03 Å². The van der Waals surface area contributed by atoms with Gasteiger partial charge in [-0.2, -0.15) is 5.26 Å². The summed E-state index contributed by atoms with van der Waals surface area (Å²) in [5.74, 6) is 1.21. The molecule has 0 radical (unpaired) electrons. The van der Waals surface area contributed by atoms with E-state index in [-0.39, 0.29) is 6.03 Å². The fourth-order valence-corrected chi connectivity index (χ4v) is 3.08. The molecule has 3 rings (SSSR count). The molecule has 1 fully saturated rings. The lowest BCUT2D eigenvalue weighted by Gasteiger charge is -2.18. The maximum atomic E-state index is 12.4. The van der Waals surface area contributed by atoms with Crippen LogP contribution in [0.1, 0.15) is 29.0 Å². The molecule has 1 saturated heterocycles. The van der Waals surface area contributed by atoms with Gasteiger partial charge in [0.2, 0.25) is 0 Å². The van der Waals surface area contributed by atoms with Gasteiger partial charge >= 0.3 is 6.03 Å². The van der Waals surface area contributed by atoms with Gasteiger partial charge in [-0.05, 0) is 41.8 Å². The van der Waals surface area contributed by atoms with Crippen molar-refractivity contribution in [2.45, 2.75) is 18.9 Å². The highest BCUT2D eigenvalue weighted by molar-refractivity contribution is 5.74. The van der Waals surface area contributed by atoms with Crippen molar-refractivity contribution in [3.63, 3.8) is 0 Å². The second-order valence-corrected chi connectivity index (χ2v) is 6.17. The summed E-state index contributed by atoms with van der Waals surface area (Å²) in [6, 6.07) is 17.4. The molecule has 0 saturated carbocycles. The van der Waals surface area contributed by atoms with Gasteiger partial charge in [0.1, 0.15) is 5.75 Å². The number of ether oxygens (including phenoxy) is 1. The Hall–Kier alpha value is -3.00. The Morgan fingerprint density at radius 2 is 1.96 bits per heavy atom. The minimum Gasteiger partial charge on any atom is -0.497 e. The standard InChI is InChI=1S/C20H21N3O2/c1-25-19-8-6-17(7-9-19)18-10-11-23(14-18)20(24)22-13-16-4-2-15(12-21)3-5-16/h2-9,18H,10-11,13-14H2,1H3,(H,22,24). The first-order valence-electron chi connectivity index (χ1n) is 8.35. The molecule has 0 bridgehead atoms. The summed E-state index contributed by atoms with van der Waals surface area (Å²) in [7, 11) is 1.66. The Labute approximate surface area is 147 Å². The van der Waals surface area contributed by atoms with Crippen LogP contribution < -0.4 is 10.1 Å². The highest BCUT2D eigenvalue weighted by atomic mass is 16.5. The maximum Gasteiger partial charge on any atom is 0.317 e. The number of nitriles is 1. The van der Waals surface area contributed by atoms with Gasteiger partial charge in [0.05, 0.1) is 18.7 Å². The Bertz CT molecular complexity index is 763. The summed E-state index contributed by atoms with van der Waals surface area (Å²) < 4.78 is 5.19. The van der Waals surface area contributed by atoms with E-state index in [9.17, 15) is 4.79 Å². The topological polar surface area (TPSA) is 65.4 Å². The van der Waals surface area contributed by atoms with E-state index < -0.39 is 0 Å². The number of urea groups is 1. The van der Waals surface area contributed by atoms with Crippen molar-refractivity contribution in [3.05, 3.63) is 65.2 Å². The van der Waals surface area contributed by atoms with E-state index in [4.69, 9.17) is 10.00 Å². The molecule has 0 spiro atoms. The van der Waals surface area contributed by atoms with Crippen molar-refractivity contribution < 1.29 is 9.53 Å². The monoisotopic (exact) mass is 335 g/mol. The highest BCUT2D eigenvalue weighted by Gasteiger charge is 2.27. The molecule has 2 aromatic rings. The van der Waals surface area contributed by atoms with E-state index in [0.717, 1.165) is 30.8 Å². The van der Waals surface area contributed by atoms with Crippen LogP contribution in [0.2, 0.25) is 0 Å². The quantitative estimate of drug-likeness (QED) is 0.932. The molecule has 5 nitrogen and oxygen atoms in total. The Morgan fingerprint density at radius 1 is 1.24 bits per heavy atom. The fraction of sp³-hybridized carbons (Fsp3) is 0.300. The normalized spacial score (nSPS) is 16.3. The summed E-state index contributed by atoms with van der Waals surface area (Å²) >= 11 is 0. The number of carbonyl (C=O) groups is 1. The van der Waals surface area contributed by atoms with Gasteiger partial charge < -0.3 is 15.0 Å². The van der Waals surface area contributed by atoms with E-state index in [1.54, 1.807) is 19.2 Å². The highest BCUT2D eigenvalue weighted by Crippen LogP contribution is 2.28. The third-order valence-corrected chi connectivity index (χ3v) is 4.59. The number of nitrogens with zero attached hydrogens (tertiary/aromatic N) is 2. The smallest absolute Gasteiger partial charge is 0.317 e. The Balaban J connectivity index is 1.52. The van der Waals surface area contributed by atoms with Crippen LogP contribution in [-0.4, -0.2) is 31.1 Å². The van der Waals surface area contributed by atoms with Crippen LogP contribution in [0.25, 0.3) is 0 Å². The molecular formula is C20H21N3O2. The molecule has 25 heavy (non-hydrogen) atoms. The van der Waals surface area contributed by atoms with E-state index in [2.05, 4.69) is 23.5 Å². The summed E-state index contributed by atoms with van der Waals surface area (Å²) in [6.07, 6.45) is 0.969. The molecule has 2 amide bonds. The lowest BCUT2D eigenvalue weighted by atomic mass is 9.98. The lowest BCUT2D eigenvalue weighted by molar-refractivity contribution is 0.208. The van der Waals surface area contributed by atoms with Crippen molar-refractivity contribution in [1.29, 1.82) is 5.26 Å². The summed E-state index contributed by atoms with van der Waals surface area (Å²) in [5, 5.41) is 11.8. The zero-order valence-electron chi connectivity index (χ0n) is 14.2. The van der Waals surface area contributed by atoms with Crippen molar-refractivity contribution in [2.75, 3.05) is 20.2 Å². The van der Waals surface area contributed by atoms with Crippen LogP contribution in [-0.2, 0) is 6.54 Å². The number of methoxy groups -OCH3 is 1. The molecule has 128 valence electrons. The zero-order valence-corrected chi connectivity index (χ0v) is 14.2. The van der Waals surface area contributed by atoms with Crippen molar-refractivity contribution in [1.82, 2.24) is 10.2 Å². The number of amides is 2. The fourth-order valence-electron chi connectivity index (χ4n) is 3.08. The number of carbonyl (C=O) groups excluding carboxylic acids is 1. The van der Waals surface area contributed by atoms with Gasteiger partial charge in [-0.25, -0.2) is 4.79 Å². The van der Waals surface area contributed by atoms with Crippen molar-refractivity contribution in [2.24, 2.45) is 0 Å². The maximum absolute atomic E-state index is 12.4. The lowest BCUT2D eigenvalue weighted by Crippen LogP contribution is -2.37. The van der Waals surface area contributed by atoms with Gasteiger partial charge in [0.15, 0.2) is 0 Å². The van der Waals surface area contributed by atoms with Gasteiger partial charge in [-0.1, -0.05) is 24.3 Å². The predicted molar refractivity (Wildman–Crippen MR) is 95.3 cm³/mol. The van der Waals surface area contributed by atoms with Crippen LogP contribution >= 0.6 is 0 Å². The van der Waals surface area contributed by atoms with Gasteiger partial charge in [0.25, 0.3) is 0 Å². The number of hydrogen-bond donors (Lipinski definition) is 1. The molecule has 1 unspecified atom stereocenters. The molecule has 1 aliphatic heterocycles. The number of nitrogens with one attached hydrogen (secondary N) is 1. The first kappa shape index (κ1) is 16.8. The van der Waals surface area contributed by atoms with E-state index in [1.165, 1.54) is 5.56 Å². The van der Waals surface area contributed by atoms with E-state index in [0.29, 0.717) is 18.0 Å². The van der Waals surface area contributed by atoms with Crippen LogP contribution in [0.15, 0.2) is 48.5 Å². The van der Waals surface area contributed by atoms with Crippen LogP contribution in [0, 0.1) is 11.3 Å². The molecular weight excluding hydrogens is 314 g/mol. The molecule has 1 heterocycles. The SMILES string of the molecule is COc1ccc(C2CCN(C(=O)NCc3ccc(C#N)cc3)C2)cc1. The molecule has 1 atom stereocenters. The van der Waals surface area contributed by atoms with Crippen LogP contribution in [0.4, 0.5) is 4.79 Å². The molecule has 1 N–H and O–H groups in total. The number of rotatable bonds is 4. The average molecular weight is 335 g/mol. The number of hydrogen-bond acceptors (Lipinski definition) is 3. The summed E-state index contributed by atoms with van der Waals surface area (Å²) in [4.78, 5) is 14.2. The van der Waals surface area contributed by atoms with Crippen molar-refractivity contribution in [3.8, 4) is 11.8 Å².